The number of amides is 1. The number of halogens is 4. The summed E-state index contributed by atoms with van der Waals surface area (Å²) in [5.74, 6) is 1.22. The topological polar surface area (TPSA) is 133 Å². The van der Waals surface area contributed by atoms with Gasteiger partial charge in [0, 0.05) is 32.7 Å². The SMILES string of the molecule is CC(C)(C)OC(=O)N1CCN(c2c3n(c4nc(C5=CCOCC5)nn4c2=O)CCC3)CC1.Nc1ccc(C(F)(F)F)nc1Cl. The van der Waals surface area contributed by atoms with Gasteiger partial charge >= 0.3 is 12.3 Å². The minimum absolute atomic E-state index is 0.0321. The summed E-state index contributed by atoms with van der Waals surface area (Å²) in [5, 5.41) is 4.26. The molecule has 2 N–H and O–H groups in total. The second-order valence-corrected chi connectivity index (χ2v) is 11.9. The third-order valence-corrected chi connectivity index (χ3v) is 7.59. The van der Waals surface area contributed by atoms with Gasteiger partial charge in [-0.3, -0.25) is 4.79 Å². The number of nitrogens with two attached hydrogens (primary N) is 1. The maximum atomic E-state index is 13.5. The average molecular weight is 639 g/mol. The summed E-state index contributed by atoms with van der Waals surface area (Å²) in [6.45, 7) is 9.80. The number of hydrogen-bond donors (Lipinski definition) is 1. The third kappa shape index (κ3) is 6.78. The highest BCUT2D eigenvalue weighted by Gasteiger charge is 2.33. The lowest BCUT2D eigenvalue weighted by atomic mass is 10.1. The highest BCUT2D eigenvalue weighted by atomic mass is 35.5. The van der Waals surface area contributed by atoms with Crippen LogP contribution in [0.25, 0.3) is 11.4 Å². The van der Waals surface area contributed by atoms with E-state index in [0.717, 1.165) is 49.2 Å². The lowest BCUT2D eigenvalue weighted by Gasteiger charge is -2.37. The Labute approximate surface area is 256 Å². The highest BCUT2D eigenvalue weighted by Crippen LogP contribution is 2.30. The van der Waals surface area contributed by atoms with Crippen LogP contribution in [0.1, 0.15) is 50.8 Å². The lowest BCUT2D eigenvalue weighted by Crippen LogP contribution is -2.51. The first-order valence-corrected chi connectivity index (χ1v) is 14.6. The van der Waals surface area contributed by atoms with Crippen LogP contribution in [-0.2, 0) is 28.6 Å². The van der Waals surface area contributed by atoms with E-state index in [2.05, 4.69) is 19.5 Å². The van der Waals surface area contributed by atoms with Crippen molar-refractivity contribution >= 4 is 40.4 Å². The van der Waals surface area contributed by atoms with Gasteiger partial charge in [0.15, 0.2) is 11.0 Å². The number of alkyl halides is 3. The molecule has 0 radical (unpaired) electrons. The minimum Gasteiger partial charge on any atom is -0.444 e. The summed E-state index contributed by atoms with van der Waals surface area (Å²) in [5.41, 5.74) is 6.24. The Morgan fingerprint density at radius 1 is 1.07 bits per heavy atom. The molecule has 3 aromatic heterocycles. The van der Waals surface area contributed by atoms with Crippen LogP contribution < -0.4 is 16.2 Å². The second kappa shape index (κ2) is 12.3. The molecule has 0 aromatic carbocycles. The van der Waals surface area contributed by atoms with Crippen molar-refractivity contribution < 1.29 is 27.4 Å². The molecule has 238 valence electrons. The van der Waals surface area contributed by atoms with Crippen LogP contribution in [0.4, 0.5) is 29.3 Å². The van der Waals surface area contributed by atoms with Crippen molar-refractivity contribution in [2.75, 3.05) is 50.0 Å². The second-order valence-electron chi connectivity index (χ2n) is 11.6. The quantitative estimate of drug-likeness (QED) is 0.413. The van der Waals surface area contributed by atoms with Gasteiger partial charge in [-0.25, -0.2) is 9.78 Å². The zero-order chi connectivity index (χ0) is 31.8. The van der Waals surface area contributed by atoms with E-state index in [0.29, 0.717) is 56.7 Å². The van der Waals surface area contributed by atoms with Gasteiger partial charge < -0.3 is 29.6 Å². The normalized spacial score (nSPS) is 17.2. The van der Waals surface area contributed by atoms with E-state index in [1.54, 1.807) is 4.90 Å². The molecule has 44 heavy (non-hydrogen) atoms. The summed E-state index contributed by atoms with van der Waals surface area (Å²) >= 11 is 5.28. The van der Waals surface area contributed by atoms with Crippen LogP contribution in [0.2, 0.25) is 5.15 Å². The van der Waals surface area contributed by atoms with Gasteiger partial charge in [-0.2, -0.15) is 22.7 Å². The fraction of sp³-hybridized carbons (Fsp3) is 0.536. The van der Waals surface area contributed by atoms with Crippen molar-refractivity contribution in [3.8, 4) is 0 Å². The largest absolute Gasteiger partial charge is 0.444 e. The zero-order valence-corrected chi connectivity index (χ0v) is 25.4. The Hall–Kier alpha value is -3.85. The number of fused-ring (bicyclic) bond motifs is 3. The van der Waals surface area contributed by atoms with Gasteiger partial charge in [-0.15, -0.1) is 5.10 Å². The first-order chi connectivity index (χ1) is 20.7. The van der Waals surface area contributed by atoms with E-state index in [4.69, 9.17) is 31.8 Å². The van der Waals surface area contributed by atoms with Crippen LogP contribution in [0.5, 0.6) is 0 Å². The fourth-order valence-corrected chi connectivity index (χ4v) is 5.36. The summed E-state index contributed by atoms with van der Waals surface area (Å²) in [6, 6.07) is 1.85. The number of pyridine rings is 1. The highest BCUT2D eigenvalue weighted by molar-refractivity contribution is 6.31. The molecule has 12 nitrogen and oxygen atoms in total. The average Bonchev–Trinajstić information content (AvgIpc) is 3.62. The van der Waals surface area contributed by atoms with E-state index >= 15 is 0 Å². The molecule has 0 unspecified atom stereocenters. The predicted molar refractivity (Wildman–Crippen MR) is 158 cm³/mol. The van der Waals surface area contributed by atoms with Crippen LogP contribution >= 0.6 is 11.6 Å². The smallest absolute Gasteiger partial charge is 0.433 e. The Bertz CT molecular complexity index is 1640. The van der Waals surface area contributed by atoms with E-state index < -0.39 is 17.5 Å². The van der Waals surface area contributed by atoms with Crippen LogP contribution in [0.3, 0.4) is 0 Å². The number of piperazine rings is 1. The van der Waals surface area contributed by atoms with Crippen LogP contribution in [0, 0.1) is 0 Å². The van der Waals surface area contributed by atoms with Crippen molar-refractivity contribution in [1.29, 1.82) is 0 Å². The molecule has 0 atom stereocenters. The fourth-order valence-electron chi connectivity index (χ4n) is 5.21. The Balaban J connectivity index is 0.000000270. The molecule has 0 saturated carbocycles. The van der Waals surface area contributed by atoms with Crippen molar-refractivity contribution in [3.63, 3.8) is 0 Å². The maximum absolute atomic E-state index is 13.5. The van der Waals surface area contributed by atoms with E-state index in [1.165, 1.54) is 4.52 Å². The van der Waals surface area contributed by atoms with E-state index in [-0.39, 0.29) is 22.5 Å². The Kier molecular flexibility index (Phi) is 8.80. The number of hydrogen-bond acceptors (Lipinski definition) is 9. The molecule has 1 fully saturated rings. The van der Waals surface area contributed by atoms with Crippen molar-refractivity contribution in [3.05, 3.63) is 50.9 Å². The summed E-state index contributed by atoms with van der Waals surface area (Å²) in [4.78, 5) is 37.6. The van der Waals surface area contributed by atoms with Crippen molar-refractivity contribution in [2.45, 2.75) is 58.4 Å². The van der Waals surface area contributed by atoms with Crippen LogP contribution in [-0.4, -0.2) is 80.1 Å². The lowest BCUT2D eigenvalue weighted by molar-refractivity contribution is -0.141. The van der Waals surface area contributed by atoms with E-state index in [9.17, 15) is 22.8 Å². The summed E-state index contributed by atoms with van der Waals surface area (Å²) in [6.07, 6.45) is -0.228. The standard InChI is InChI=1S/C22H30N6O4.C6H4ClF3N2/c1-22(2,3)32-21(30)26-11-9-25(10-12-26)17-16-5-4-8-27(16)20-23-18(24-28(20)19(17)29)15-6-13-31-14-7-15;7-5-3(11)1-2-4(12-5)6(8,9)10/h6H,4-5,7-14H2,1-3H3;1-2H,11H2. The number of nitrogens with zero attached hydrogens (tertiary/aromatic N) is 7. The van der Waals surface area contributed by atoms with Crippen molar-refractivity contribution in [1.82, 2.24) is 29.0 Å². The Morgan fingerprint density at radius 2 is 1.80 bits per heavy atom. The van der Waals surface area contributed by atoms with Gasteiger partial charge in [0.05, 0.1) is 24.6 Å². The van der Waals surface area contributed by atoms with Gasteiger partial charge in [-0.1, -0.05) is 17.7 Å². The van der Waals surface area contributed by atoms with Crippen molar-refractivity contribution in [2.24, 2.45) is 0 Å². The number of carbonyl (C=O) groups is 1. The van der Waals surface area contributed by atoms with E-state index in [1.807, 2.05) is 26.8 Å². The molecule has 1 amide bonds. The number of ether oxygens (including phenoxy) is 2. The number of aromatic nitrogens is 5. The summed E-state index contributed by atoms with van der Waals surface area (Å²) < 4.78 is 50.3. The maximum Gasteiger partial charge on any atom is 0.433 e. The molecule has 1 saturated heterocycles. The zero-order valence-electron chi connectivity index (χ0n) is 24.7. The number of aryl methyl sites for hydroxylation is 1. The molecule has 0 aliphatic carbocycles. The third-order valence-electron chi connectivity index (χ3n) is 7.29. The number of nitrogen functional groups attached to an aromatic ring is 1. The first-order valence-electron chi connectivity index (χ1n) is 14.2. The molecular formula is C28H34ClF3N8O4. The molecule has 6 rings (SSSR count). The molecular weight excluding hydrogens is 605 g/mol. The van der Waals surface area contributed by atoms with Gasteiger partial charge in [0.25, 0.3) is 5.56 Å². The van der Waals surface area contributed by atoms with Gasteiger partial charge in [0.2, 0.25) is 5.78 Å². The molecule has 3 aromatic rings. The molecule has 0 spiro atoms. The molecule has 3 aliphatic rings. The molecule has 6 heterocycles. The number of rotatable bonds is 2. The monoisotopic (exact) mass is 638 g/mol. The van der Waals surface area contributed by atoms with Crippen LogP contribution in [0.15, 0.2) is 23.0 Å². The predicted octanol–water partition coefficient (Wildman–Crippen LogP) is 4.03. The number of anilines is 2. The molecule has 3 aliphatic heterocycles. The minimum atomic E-state index is -4.47. The number of carbonyl (C=O) groups excluding carboxylic acids is 1. The Morgan fingerprint density at radius 3 is 2.41 bits per heavy atom. The molecule has 0 bridgehead atoms. The van der Waals surface area contributed by atoms with Gasteiger partial charge in [0.1, 0.15) is 17.0 Å². The first kappa shape index (κ1) is 31.6. The van der Waals surface area contributed by atoms with Gasteiger partial charge in [-0.05, 0) is 57.7 Å². The summed E-state index contributed by atoms with van der Waals surface area (Å²) in [7, 11) is 0. The molecule has 16 heteroatoms.